The molecule has 3 aromatic carbocycles. The van der Waals surface area contributed by atoms with Gasteiger partial charge in [-0.1, -0.05) is 42.5 Å². The summed E-state index contributed by atoms with van der Waals surface area (Å²) < 4.78 is 7.59. The maximum absolute atomic E-state index is 12.9. The second kappa shape index (κ2) is 8.54. The molecule has 0 saturated heterocycles. The van der Waals surface area contributed by atoms with Crippen molar-refractivity contribution in [2.75, 3.05) is 6.54 Å². The third kappa shape index (κ3) is 4.00. The second-order valence-corrected chi connectivity index (χ2v) is 8.36. The molecule has 0 N–H and O–H groups in total. The van der Waals surface area contributed by atoms with Crippen LogP contribution in [0.15, 0.2) is 72.8 Å². The van der Waals surface area contributed by atoms with E-state index in [4.69, 9.17) is 4.74 Å². The number of ether oxygens (including phenoxy) is 1. The first kappa shape index (κ1) is 20.9. The van der Waals surface area contributed by atoms with Crippen LogP contribution in [0, 0.1) is 6.92 Å². The number of aryl methyl sites for hydroxylation is 1. The minimum atomic E-state index is -0.859. The fraction of sp³-hybridized carbons (Fsp3) is 0.222. The lowest BCUT2D eigenvalue weighted by Gasteiger charge is -2.30. The van der Waals surface area contributed by atoms with Crippen molar-refractivity contribution in [3.8, 4) is 5.69 Å². The van der Waals surface area contributed by atoms with E-state index >= 15 is 0 Å². The zero-order valence-electron chi connectivity index (χ0n) is 18.7. The molecular weight excluding hydrogens is 414 g/mol. The third-order valence-corrected chi connectivity index (χ3v) is 6.15. The molecule has 0 radical (unpaired) electrons. The molecule has 1 aromatic heterocycles. The number of fused-ring (bicyclic) bond motifs is 2. The van der Waals surface area contributed by atoms with Gasteiger partial charge in [-0.2, -0.15) is 0 Å². The highest BCUT2D eigenvalue weighted by Crippen LogP contribution is 2.23. The van der Waals surface area contributed by atoms with Crippen molar-refractivity contribution in [3.63, 3.8) is 0 Å². The van der Waals surface area contributed by atoms with Gasteiger partial charge in [0, 0.05) is 18.8 Å². The van der Waals surface area contributed by atoms with Crippen LogP contribution in [0.1, 0.15) is 34.2 Å². The van der Waals surface area contributed by atoms with Crippen molar-refractivity contribution in [2.45, 2.75) is 32.9 Å². The molecule has 1 amide bonds. The van der Waals surface area contributed by atoms with Crippen molar-refractivity contribution in [1.29, 1.82) is 0 Å². The molecule has 0 bridgehead atoms. The Bertz CT molecular complexity index is 1340. The summed E-state index contributed by atoms with van der Waals surface area (Å²) in [5, 5.41) is 0. The van der Waals surface area contributed by atoms with Gasteiger partial charge in [-0.15, -0.1) is 0 Å². The molecular formula is C27H25N3O3. The smallest absolute Gasteiger partial charge is 0.338 e. The molecule has 1 aliphatic heterocycles. The molecule has 0 spiro atoms. The first-order valence-corrected chi connectivity index (χ1v) is 11.1. The Balaban J connectivity index is 1.31. The van der Waals surface area contributed by atoms with Gasteiger partial charge in [0.2, 0.25) is 0 Å². The van der Waals surface area contributed by atoms with Crippen molar-refractivity contribution in [3.05, 3.63) is 95.3 Å². The van der Waals surface area contributed by atoms with Crippen LogP contribution in [0.25, 0.3) is 16.7 Å². The van der Waals surface area contributed by atoms with Crippen LogP contribution >= 0.6 is 0 Å². The Morgan fingerprint density at radius 2 is 1.70 bits per heavy atom. The lowest BCUT2D eigenvalue weighted by molar-refractivity contribution is -0.140. The summed E-state index contributed by atoms with van der Waals surface area (Å²) in [6.07, 6.45) is -0.0510. The number of para-hydroxylation sites is 1. The van der Waals surface area contributed by atoms with Crippen molar-refractivity contribution in [1.82, 2.24) is 14.5 Å². The molecule has 1 aliphatic rings. The molecule has 0 aliphatic carbocycles. The van der Waals surface area contributed by atoms with Gasteiger partial charge < -0.3 is 9.64 Å². The Labute approximate surface area is 192 Å². The summed E-state index contributed by atoms with van der Waals surface area (Å²) in [5.74, 6) is 0.126. The maximum atomic E-state index is 12.9. The SMILES string of the molecule is Cc1nc2cc(C(=O)OC(C)C(=O)N3CCc4ccccc4C3)ccc2n1-c1ccccc1. The summed E-state index contributed by atoms with van der Waals surface area (Å²) in [6, 6.07) is 23.4. The van der Waals surface area contributed by atoms with Crippen LogP contribution in [0.4, 0.5) is 0 Å². The predicted molar refractivity (Wildman–Crippen MR) is 126 cm³/mol. The van der Waals surface area contributed by atoms with Crippen molar-refractivity contribution in [2.24, 2.45) is 0 Å². The number of hydrogen-bond acceptors (Lipinski definition) is 4. The zero-order chi connectivity index (χ0) is 22.9. The van der Waals surface area contributed by atoms with Gasteiger partial charge in [-0.25, -0.2) is 9.78 Å². The van der Waals surface area contributed by atoms with Gasteiger partial charge in [0.05, 0.1) is 16.6 Å². The average Bonchev–Trinajstić information content (AvgIpc) is 3.18. The number of carbonyl (C=O) groups is 2. The van der Waals surface area contributed by atoms with E-state index in [-0.39, 0.29) is 5.91 Å². The molecule has 5 rings (SSSR count). The number of imidazole rings is 1. The Hall–Kier alpha value is -3.93. The fourth-order valence-electron chi connectivity index (χ4n) is 4.45. The van der Waals surface area contributed by atoms with Crippen molar-refractivity contribution < 1.29 is 14.3 Å². The van der Waals surface area contributed by atoms with Gasteiger partial charge in [0.15, 0.2) is 6.10 Å². The molecule has 1 unspecified atom stereocenters. The summed E-state index contributed by atoms with van der Waals surface area (Å²) in [5.41, 5.74) is 5.41. The van der Waals surface area contributed by atoms with E-state index in [2.05, 4.69) is 11.1 Å². The Morgan fingerprint density at radius 1 is 0.970 bits per heavy atom. The highest BCUT2D eigenvalue weighted by molar-refractivity contribution is 5.95. The lowest BCUT2D eigenvalue weighted by Crippen LogP contribution is -2.42. The molecule has 1 atom stereocenters. The lowest BCUT2D eigenvalue weighted by atomic mass is 9.99. The van der Waals surface area contributed by atoms with E-state index in [0.29, 0.717) is 24.2 Å². The van der Waals surface area contributed by atoms with Gasteiger partial charge in [0.25, 0.3) is 5.91 Å². The highest BCUT2D eigenvalue weighted by atomic mass is 16.5. The summed E-state index contributed by atoms with van der Waals surface area (Å²) in [4.78, 5) is 32.1. The number of nitrogens with zero attached hydrogens (tertiary/aromatic N) is 3. The number of carbonyl (C=O) groups excluding carboxylic acids is 2. The van der Waals surface area contributed by atoms with E-state index < -0.39 is 12.1 Å². The summed E-state index contributed by atoms with van der Waals surface area (Å²) >= 11 is 0. The first-order chi connectivity index (χ1) is 16.0. The minimum absolute atomic E-state index is 0.178. The monoisotopic (exact) mass is 439 g/mol. The van der Waals surface area contributed by atoms with Crippen LogP contribution in [0.2, 0.25) is 0 Å². The zero-order valence-corrected chi connectivity index (χ0v) is 18.7. The maximum Gasteiger partial charge on any atom is 0.338 e. The fourth-order valence-corrected chi connectivity index (χ4v) is 4.45. The summed E-state index contributed by atoms with van der Waals surface area (Å²) in [6.45, 7) is 4.73. The Kier molecular flexibility index (Phi) is 5.42. The predicted octanol–water partition coefficient (Wildman–Crippen LogP) is 4.46. The number of rotatable bonds is 4. The quantitative estimate of drug-likeness (QED) is 0.440. The van der Waals surface area contributed by atoms with Crippen LogP contribution < -0.4 is 0 Å². The summed E-state index contributed by atoms with van der Waals surface area (Å²) in [7, 11) is 0. The largest absolute Gasteiger partial charge is 0.449 e. The minimum Gasteiger partial charge on any atom is -0.449 e. The molecule has 166 valence electrons. The molecule has 0 fully saturated rings. The van der Waals surface area contributed by atoms with Gasteiger partial charge in [0.1, 0.15) is 5.82 Å². The number of hydrogen-bond donors (Lipinski definition) is 0. The van der Waals surface area contributed by atoms with Gasteiger partial charge in [-0.05, 0) is 61.7 Å². The molecule has 6 heteroatoms. The molecule has 33 heavy (non-hydrogen) atoms. The van der Waals surface area contributed by atoms with E-state index in [9.17, 15) is 9.59 Å². The number of aromatic nitrogens is 2. The van der Waals surface area contributed by atoms with Crippen LogP contribution in [-0.4, -0.2) is 39.0 Å². The number of esters is 1. The number of amides is 1. The van der Waals surface area contributed by atoms with E-state index in [1.165, 1.54) is 5.56 Å². The second-order valence-electron chi connectivity index (χ2n) is 8.36. The molecule has 2 heterocycles. The topological polar surface area (TPSA) is 64.4 Å². The third-order valence-electron chi connectivity index (χ3n) is 6.15. The standard InChI is InChI=1S/C27H25N3O3/c1-18(26(31)29-15-14-20-8-6-7-9-22(20)17-29)33-27(32)21-12-13-25-24(16-21)28-19(2)30(25)23-10-4-3-5-11-23/h3-13,16,18H,14-15,17H2,1-2H3. The van der Waals surface area contributed by atoms with E-state index in [1.54, 1.807) is 24.0 Å². The Morgan fingerprint density at radius 3 is 2.48 bits per heavy atom. The van der Waals surface area contributed by atoms with Gasteiger partial charge >= 0.3 is 5.97 Å². The van der Waals surface area contributed by atoms with E-state index in [0.717, 1.165) is 29.0 Å². The first-order valence-electron chi connectivity index (χ1n) is 11.1. The average molecular weight is 440 g/mol. The van der Waals surface area contributed by atoms with E-state index in [1.807, 2.05) is 66.1 Å². The molecule has 4 aromatic rings. The van der Waals surface area contributed by atoms with Crippen LogP contribution in [-0.2, 0) is 22.5 Å². The highest BCUT2D eigenvalue weighted by Gasteiger charge is 2.27. The molecule has 0 saturated carbocycles. The van der Waals surface area contributed by atoms with Crippen molar-refractivity contribution >= 4 is 22.9 Å². The molecule has 6 nitrogen and oxygen atoms in total. The van der Waals surface area contributed by atoms with Gasteiger partial charge in [-0.3, -0.25) is 9.36 Å². The number of benzene rings is 3. The normalized spacial score (nSPS) is 14.1. The van der Waals surface area contributed by atoms with Crippen LogP contribution in [0.5, 0.6) is 0 Å². The van der Waals surface area contributed by atoms with Crippen LogP contribution in [0.3, 0.4) is 0 Å².